The molecular weight excluding hydrogens is 358 g/mol. The highest BCUT2D eigenvalue weighted by Crippen LogP contribution is 2.32. The van der Waals surface area contributed by atoms with E-state index in [9.17, 15) is 0 Å². The molecule has 0 saturated carbocycles. The average molecular weight is 398 g/mol. The molecule has 0 unspecified atom stereocenters. The third-order valence-electron chi connectivity index (χ3n) is 6.06. The van der Waals surface area contributed by atoms with Crippen LogP contribution in [0.5, 0.6) is 0 Å². The molecule has 1 N–H and O–H groups in total. The lowest BCUT2D eigenvalue weighted by Gasteiger charge is -2.32. The first-order chi connectivity index (χ1) is 14.3. The van der Waals surface area contributed by atoms with Crippen molar-refractivity contribution in [1.82, 2.24) is 15.3 Å². The van der Waals surface area contributed by atoms with Crippen LogP contribution >= 0.6 is 0 Å². The van der Waals surface area contributed by atoms with Gasteiger partial charge in [0, 0.05) is 32.7 Å². The zero-order valence-corrected chi connectivity index (χ0v) is 18.5. The molecule has 0 atom stereocenters. The van der Waals surface area contributed by atoms with Gasteiger partial charge in [0.2, 0.25) is 0 Å². The van der Waals surface area contributed by atoms with Crippen LogP contribution in [0.4, 0.5) is 0 Å². The second kappa shape index (κ2) is 12.2. The van der Waals surface area contributed by atoms with Gasteiger partial charge < -0.3 is 9.80 Å². The number of likely N-dealkylation sites (N-methyl/N-ethyl adjacent to an activating group) is 1. The van der Waals surface area contributed by atoms with Gasteiger partial charge in [0.1, 0.15) is 0 Å². The quantitative estimate of drug-likeness (QED) is 0.451. The summed E-state index contributed by atoms with van der Waals surface area (Å²) < 4.78 is 0. The lowest BCUT2D eigenvalue weighted by atomic mass is 9.88. The molecule has 0 aromatic heterocycles. The number of allylic oxidation sites excluding steroid dienone is 2. The molecule has 0 bridgehead atoms. The Labute approximate surface area is 177 Å². The number of unbranched alkanes of at least 4 members (excludes halogenated alkanes) is 1. The van der Waals surface area contributed by atoms with E-state index in [0.29, 0.717) is 0 Å². The summed E-state index contributed by atoms with van der Waals surface area (Å²) in [5, 5.41) is 0. The minimum atomic E-state index is 0.759. The van der Waals surface area contributed by atoms with Crippen molar-refractivity contribution >= 4 is 6.08 Å². The van der Waals surface area contributed by atoms with E-state index < -0.39 is 0 Å². The van der Waals surface area contributed by atoms with E-state index in [-0.39, 0.29) is 0 Å². The van der Waals surface area contributed by atoms with Crippen molar-refractivity contribution in [3.05, 3.63) is 52.7 Å². The normalized spacial score (nSPS) is 20.4. The second-order valence-corrected chi connectivity index (χ2v) is 8.46. The van der Waals surface area contributed by atoms with Gasteiger partial charge in [0.25, 0.3) is 0 Å². The lowest BCUT2D eigenvalue weighted by Crippen LogP contribution is -2.44. The maximum atomic E-state index is 5.98. The summed E-state index contributed by atoms with van der Waals surface area (Å²) >= 11 is 0. The Kier molecular flexibility index (Phi) is 9.26. The molecular formula is C25H39N3O. The van der Waals surface area contributed by atoms with E-state index in [1.54, 1.807) is 5.57 Å². The van der Waals surface area contributed by atoms with Crippen LogP contribution < -0.4 is 5.48 Å². The number of nitrogens with zero attached hydrogens (tertiary/aromatic N) is 2. The van der Waals surface area contributed by atoms with Crippen LogP contribution in [0.25, 0.3) is 6.08 Å². The summed E-state index contributed by atoms with van der Waals surface area (Å²) in [6, 6.07) is 10.7. The highest BCUT2D eigenvalue weighted by atomic mass is 16.6. The van der Waals surface area contributed by atoms with E-state index in [1.165, 1.54) is 75.1 Å². The van der Waals surface area contributed by atoms with Crippen LogP contribution in [-0.4, -0.2) is 56.2 Å². The summed E-state index contributed by atoms with van der Waals surface area (Å²) in [5.74, 6) is 0. The number of hydrogen-bond donors (Lipinski definition) is 1. The molecule has 1 aromatic carbocycles. The molecule has 2 aliphatic rings. The molecule has 0 radical (unpaired) electrons. The Morgan fingerprint density at radius 2 is 1.83 bits per heavy atom. The molecule has 29 heavy (non-hydrogen) atoms. The van der Waals surface area contributed by atoms with Gasteiger partial charge in [-0.05, 0) is 68.4 Å². The van der Waals surface area contributed by atoms with E-state index in [0.717, 1.165) is 26.0 Å². The summed E-state index contributed by atoms with van der Waals surface area (Å²) in [6.45, 7) is 8.88. The second-order valence-electron chi connectivity index (χ2n) is 8.46. The molecule has 3 rings (SSSR count). The fourth-order valence-electron chi connectivity index (χ4n) is 4.20. The van der Waals surface area contributed by atoms with Crippen LogP contribution in [0.3, 0.4) is 0 Å². The van der Waals surface area contributed by atoms with Crippen LogP contribution in [0.2, 0.25) is 0 Å². The number of rotatable bonds is 10. The number of piperazine rings is 1. The van der Waals surface area contributed by atoms with Crippen molar-refractivity contribution < 1.29 is 4.84 Å². The third kappa shape index (κ3) is 7.29. The van der Waals surface area contributed by atoms with Crippen molar-refractivity contribution in [3.63, 3.8) is 0 Å². The smallest absolute Gasteiger partial charge is 0.0758 e. The van der Waals surface area contributed by atoms with Gasteiger partial charge in [-0.15, -0.1) is 0 Å². The highest BCUT2D eigenvalue weighted by Gasteiger charge is 2.18. The van der Waals surface area contributed by atoms with Crippen LogP contribution in [0.1, 0.15) is 57.4 Å². The minimum absolute atomic E-state index is 0.759. The molecule has 1 fully saturated rings. The van der Waals surface area contributed by atoms with Gasteiger partial charge >= 0.3 is 0 Å². The van der Waals surface area contributed by atoms with E-state index >= 15 is 0 Å². The molecule has 1 saturated heterocycles. The van der Waals surface area contributed by atoms with Gasteiger partial charge in [-0.2, -0.15) is 0 Å². The first-order valence-electron chi connectivity index (χ1n) is 11.5. The summed E-state index contributed by atoms with van der Waals surface area (Å²) in [4.78, 5) is 10.9. The summed E-state index contributed by atoms with van der Waals surface area (Å²) in [6.07, 6.45) is 10.6. The maximum Gasteiger partial charge on any atom is 0.0758 e. The van der Waals surface area contributed by atoms with Gasteiger partial charge in [-0.3, -0.25) is 10.3 Å². The largest absolute Gasteiger partial charge is 0.304 e. The van der Waals surface area contributed by atoms with Crippen molar-refractivity contribution in [3.8, 4) is 0 Å². The Hall–Kier alpha value is -1.62. The molecule has 1 aliphatic carbocycles. The van der Waals surface area contributed by atoms with Crippen LogP contribution in [0.15, 0.2) is 47.2 Å². The van der Waals surface area contributed by atoms with E-state index in [4.69, 9.17) is 4.84 Å². The molecule has 4 nitrogen and oxygen atoms in total. The molecule has 160 valence electrons. The van der Waals surface area contributed by atoms with E-state index in [2.05, 4.69) is 65.7 Å². The Morgan fingerprint density at radius 1 is 1.03 bits per heavy atom. The summed E-state index contributed by atoms with van der Waals surface area (Å²) in [5.41, 5.74) is 8.85. The van der Waals surface area contributed by atoms with Crippen molar-refractivity contribution in [2.75, 3.05) is 46.4 Å². The molecule has 1 aliphatic heterocycles. The van der Waals surface area contributed by atoms with Gasteiger partial charge in [-0.25, -0.2) is 0 Å². The van der Waals surface area contributed by atoms with Crippen LogP contribution in [-0.2, 0) is 4.84 Å². The monoisotopic (exact) mass is 397 g/mol. The highest BCUT2D eigenvalue weighted by molar-refractivity contribution is 5.59. The maximum absolute atomic E-state index is 5.98. The number of benzene rings is 1. The standard InChI is InChI=1S/C25H39N3O/c1-3-4-12-23-13-8-14-24(21-22-10-6-5-7-11-22)25(23)26-29-20-9-15-28-18-16-27(2)17-19-28/h5-7,10-11,21,26H,3-4,8-9,12-20H2,1-2H3. The summed E-state index contributed by atoms with van der Waals surface area (Å²) in [7, 11) is 2.21. The number of nitrogens with one attached hydrogen (secondary N) is 1. The lowest BCUT2D eigenvalue weighted by molar-refractivity contribution is 0.0513. The Balaban J connectivity index is 1.55. The van der Waals surface area contributed by atoms with Crippen LogP contribution in [0, 0.1) is 0 Å². The van der Waals surface area contributed by atoms with Crippen molar-refractivity contribution in [1.29, 1.82) is 0 Å². The SMILES string of the molecule is CCCCC1=C(NOCCCN2CCN(C)CC2)C(=Cc2ccccc2)CCC1. The molecule has 1 heterocycles. The first kappa shape index (κ1) is 22.1. The fraction of sp³-hybridized carbons (Fsp3) is 0.600. The fourth-order valence-corrected chi connectivity index (χ4v) is 4.20. The molecule has 1 aromatic rings. The third-order valence-corrected chi connectivity index (χ3v) is 6.06. The minimum Gasteiger partial charge on any atom is -0.304 e. The zero-order chi connectivity index (χ0) is 20.3. The van der Waals surface area contributed by atoms with Gasteiger partial charge in [0.15, 0.2) is 0 Å². The molecule has 0 spiro atoms. The Bertz CT molecular complexity index is 660. The van der Waals surface area contributed by atoms with E-state index in [1.807, 2.05) is 0 Å². The topological polar surface area (TPSA) is 27.7 Å². The number of hydrogen-bond acceptors (Lipinski definition) is 4. The van der Waals surface area contributed by atoms with Gasteiger partial charge in [-0.1, -0.05) is 43.7 Å². The van der Waals surface area contributed by atoms with Crippen molar-refractivity contribution in [2.24, 2.45) is 0 Å². The zero-order valence-electron chi connectivity index (χ0n) is 18.5. The Morgan fingerprint density at radius 3 is 2.59 bits per heavy atom. The van der Waals surface area contributed by atoms with Gasteiger partial charge in [0.05, 0.1) is 12.3 Å². The predicted octanol–water partition coefficient (Wildman–Crippen LogP) is 4.86. The predicted molar refractivity (Wildman–Crippen MR) is 122 cm³/mol. The molecule has 0 amide bonds. The first-order valence-corrected chi connectivity index (χ1v) is 11.5. The molecule has 4 heteroatoms. The average Bonchev–Trinajstić information content (AvgIpc) is 2.75. The number of hydroxylamine groups is 1. The van der Waals surface area contributed by atoms with Crippen molar-refractivity contribution in [2.45, 2.75) is 51.9 Å².